The van der Waals surface area contributed by atoms with E-state index in [1.807, 2.05) is 20.1 Å². The monoisotopic (exact) mass is 425 g/mol. The van der Waals surface area contributed by atoms with Gasteiger partial charge in [0.05, 0.1) is 6.04 Å². The van der Waals surface area contributed by atoms with Gasteiger partial charge in [-0.05, 0) is 42.0 Å². The predicted octanol–water partition coefficient (Wildman–Crippen LogP) is 1.12. The number of rotatable bonds is 12. The van der Waals surface area contributed by atoms with Crippen molar-refractivity contribution in [2.24, 2.45) is 11.7 Å². The first-order valence-corrected chi connectivity index (χ1v) is 10.9. The molecule has 0 saturated carbocycles. The van der Waals surface area contributed by atoms with Crippen molar-refractivity contribution in [1.29, 1.82) is 0 Å². The first kappa shape index (κ1) is 24.8. The van der Waals surface area contributed by atoms with E-state index < -0.39 is 35.9 Å². The quantitative estimate of drug-likeness (QED) is 0.338. The molecular weight excluding hydrogens is 394 g/mol. The Labute approximate surface area is 175 Å². The van der Waals surface area contributed by atoms with Crippen molar-refractivity contribution in [2.75, 3.05) is 12.0 Å². The number of thioether (sulfide) groups is 1. The van der Waals surface area contributed by atoms with Gasteiger partial charge in [0.2, 0.25) is 11.8 Å². The van der Waals surface area contributed by atoms with Gasteiger partial charge in [0, 0.05) is 6.42 Å². The molecule has 0 fully saturated rings. The molecule has 0 spiro atoms. The van der Waals surface area contributed by atoms with Gasteiger partial charge >= 0.3 is 5.97 Å². The van der Waals surface area contributed by atoms with Gasteiger partial charge in [0.25, 0.3) is 0 Å². The fourth-order valence-electron chi connectivity index (χ4n) is 2.62. The van der Waals surface area contributed by atoms with Crippen molar-refractivity contribution in [3.63, 3.8) is 0 Å². The van der Waals surface area contributed by atoms with Gasteiger partial charge in [-0.3, -0.25) is 9.59 Å². The zero-order valence-corrected chi connectivity index (χ0v) is 17.9. The maximum Gasteiger partial charge on any atom is 0.326 e. The van der Waals surface area contributed by atoms with E-state index in [9.17, 15) is 24.6 Å². The van der Waals surface area contributed by atoms with Crippen LogP contribution in [0.3, 0.4) is 0 Å². The lowest BCUT2D eigenvalue weighted by molar-refractivity contribution is -0.142. The van der Waals surface area contributed by atoms with Gasteiger partial charge in [0.1, 0.15) is 17.8 Å². The minimum atomic E-state index is -1.13. The van der Waals surface area contributed by atoms with E-state index in [0.29, 0.717) is 17.7 Å². The topological polar surface area (TPSA) is 142 Å². The van der Waals surface area contributed by atoms with Crippen LogP contribution in [0.15, 0.2) is 24.3 Å². The zero-order valence-electron chi connectivity index (χ0n) is 17.1. The highest BCUT2D eigenvalue weighted by atomic mass is 32.2. The third-order valence-electron chi connectivity index (χ3n) is 4.79. The van der Waals surface area contributed by atoms with E-state index >= 15 is 0 Å². The van der Waals surface area contributed by atoms with Gasteiger partial charge in [-0.1, -0.05) is 32.4 Å². The second kappa shape index (κ2) is 12.3. The number of carboxylic acid groups (broad SMARTS) is 1. The molecule has 4 atom stereocenters. The first-order chi connectivity index (χ1) is 13.7. The molecule has 0 aliphatic carbocycles. The summed E-state index contributed by atoms with van der Waals surface area (Å²) in [5, 5.41) is 24.0. The van der Waals surface area contributed by atoms with E-state index in [1.54, 1.807) is 12.1 Å². The van der Waals surface area contributed by atoms with Crippen molar-refractivity contribution in [2.45, 2.75) is 51.2 Å². The summed E-state index contributed by atoms with van der Waals surface area (Å²) in [6, 6.07) is 3.43. The number of nitrogens with two attached hydrogens (primary N) is 1. The Kier molecular flexibility index (Phi) is 10.5. The molecule has 0 aliphatic heterocycles. The highest BCUT2D eigenvalue weighted by molar-refractivity contribution is 7.98. The number of amides is 2. The van der Waals surface area contributed by atoms with Crippen LogP contribution in [0.1, 0.15) is 32.3 Å². The standard InChI is InChI=1S/C20H31N3O5S/c1-4-12(2)17(21)19(26)23-16(11-13-5-7-14(24)8-6-13)18(25)22-15(20(27)28)9-10-29-3/h5-8,12,15-17,24H,4,9-11,21H2,1-3H3,(H,22,25)(H,23,26)(H,27,28). The summed E-state index contributed by atoms with van der Waals surface area (Å²) in [6.07, 6.45) is 2.97. The molecule has 29 heavy (non-hydrogen) atoms. The number of aromatic hydroxyl groups is 1. The summed E-state index contributed by atoms with van der Waals surface area (Å²) >= 11 is 1.48. The molecule has 4 unspecified atom stereocenters. The Morgan fingerprint density at radius 3 is 2.21 bits per heavy atom. The van der Waals surface area contributed by atoms with Crippen molar-refractivity contribution in [3.05, 3.63) is 29.8 Å². The van der Waals surface area contributed by atoms with Crippen molar-refractivity contribution in [3.8, 4) is 5.75 Å². The molecule has 1 rings (SSSR count). The average molecular weight is 426 g/mol. The minimum absolute atomic E-state index is 0.0688. The van der Waals surface area contributed by atoms with E-state index in [2.05, 4.69) is 10.6 Å². The number of carbonyl (C=O) groups excluding carboxylic acids is 2. The number of aliphatic carboxylic acids is 1. The molecule has 0 bridgehead atoms. The average Bonchev–Trinajstić information content (AvgIpc) is 2.70. The Morgan fingerprint density at radius 1 is 1.10 bits per heavy atom. The molecule has 8 nitrogen and oxygen atoms in total. The van der Waals surface area contributed by atoms with Crippen LogP contribution < -0.4 is 16.4 Å². The van der Waals surface area contributed by atoms with Crippen LogP contribution in [0.2, 0.25) is 0 Å². The smallest absolute Gasteiger partial charge is 0.326 e. The molecular formula is C20H31N3O5S. The fraction of sp³-hybridized carbons (Fsp3) is 0.550. The molecule has 0 heterocycles. The Morgan fingerprint density at radius 2 is 1.69 bits per heavy atom. The normalized spacial score (nSPS) is 15.0. The third kappa shape index (κ3) is 8.33. The number of nitrogens with one attached hydrogen (secondary N) is 2. The van der Waals surface area contributed by atoms with E-state index in [4.69, 9.17) is 5.73 Å². The van der Waals surface area contributed by atoms with Crippen LogP contribution in [-0.2, 0) is 20.8 Å². The van der Waals surface area contributed by atoms with Crippen LogP contribution in [0.5, 0.6) is 5.75 Å². The molecule has 6 N–H and O–H groups in total. The van der Waals surface area contributed by atoms with Crippen LogP contribution >= 0.6 is 11.8 Å². The highest BCUT2D eigenvalue weighted by Gasteiger charge is 2.29. The number of carboxylic acids is 1. The summed E-state index contributed by atoms with van der Waals surface area (Å²) in [5.41, 5.74) is 6.68. The lowest BCUT2D eigenvalue weighted by atomic mass is 9.98. The summed E-state index contributed by atoms with van der Waals surface area (Å²) in [7, 11) is 0. The van der Waals surface area contributed by atoms with Crippen LogP contribution in [-0.4, -0.2) is 58.1 Å². The molecule has 0 radical (unpaired) electrons. The molecule has 0 aromatic heterocycles. The van der Waals surface area contributed by atoms with Gasteiger partial charge in [-0.25, -0.2) is 4.79 Å². The zero-order chi connectivity index (χ0) is 22.0. The van der Waals surface area contributed by atoms with Crippen molar-refractivity contribution in [1.82, 2.24) is 10.6 Å². The highest BCUT2D eigenvalue weighted by Crippen LogP contribution is 2.13. The summed E-state index contributed by atoms with van der Waals surface area (Å²) in [5.74, 6) is -1.59. The van der Waals surface area contributed by atoms with Gasteiger partial charge in [-0.15, -0.1) is 0 Å². The van der Waals surface area contributed by atoms with E-state index in [-0.39, 0.29) is 24.5 Å². The molecule has 1 aromatic carbocycles. The van der Waals surface area contributed by atoms with Gasteiger partial charge in [-0.2, -0.15) is 11.8 Å². The molecule has 0 saturated heterocycles. The van der Waals surface area contributed by atoms with Crippen molar-refractivity contribution >= 4 is 29.5 Å². The number of phenolic OH excluding ortho intramolecular Hbond substituents is 1. The number of benzene rings is 1. The second-order valence-corrected chi connectivity index (χ2v) is 8.01. The Hall–Kier alpha value is -2.26. The molecule has 0 aliphatic rings. The van der Waals surface area contributed by atoms with Gasteiger partial charge in [0.15, 0.2) is 0 Å². The first-order valence-electron chi connectivity index (χ1n) is 9.55. The van der Waals surface area contributed by atoms with Crippen molar-refractivity contribution < 1.29 is 24.6 Å². The lowest BCUT2D eigenvalue weighted by Gasteiger charge is -2.24. The molecule has 162 valence electrons. The summed E-state index contributed by atoms with van der Waals surface area (Å²) in [4.78, 5) is 36.8. The van der Waals surface area contributed by atoms with E-state index in [0.717, 1.165) is 0 Å². The van der Waals surface area contributed by atoms with Gasteiger partial charge < -0.3 is 26.6 Å². The summed E-state index contributed by atoms with van der Waals surface area (Å²) < 4.78 is 0. The fourth-order valence-corrected chi connectivity index (χ4v) is 3.09. The Bertz CT molecular complexity index is 683. The SMILES string of the molecule is CCC(C)C(N)C(=O)NC(Cc1ccc(O)cc1)C(=O)NC(CCSC)C(=O)O. The van der Waals surface area contributed by atoms with E-state index in [1.165, 1.54) is 23.9 Å². The lowest BCUT2D eigenvalue weighted by Crippen LogP contribution is -2.56. The van der Waals surface area contributed by atoms with Crippen LogP contribution in [0.4, 0.5) is 0 Å². The third-order valence-corrected chi connectivity index (χ3v) is 5.44. The Balaban J connectivity index is 2.98. The maximum absolute atomic E-state index is 12.8. The maximum atomic E-state index is 12.8. The molecule has 1 aromatic rings. The minimum Gasteiger partial charge on any atom is -0.508 e. The molecule has 9 heteroatoms. The predicted molar refractivity (Wildman–Crippen MR) is 114 cm³/mol. The molecule has 2 amide bonds. The van der Waals surface area contributed by atoms with Crippen LogP contribution in [0, 0.1) is 5.92 Å². The number of hydrogen-bond acceptors (Lipinski definition) is 6. The second-order valence-electron chi connectivity index (χ2n) is 7.02. The number of carbonyl (C=O) groups is 3. The summed E-state index contributed by atoms with van der Waals surface area (Å²) in [6.45, 7) is 3.77. The van der Waals surface area contributed by atoms with Crippen LogP contribution in [0.25, 0.3) is 0 Å². The number of phenols is 1. The largest absolute Gasteiger partial charge is 0.508 e. The number of hydrogen-bond donors (Lipinski definition) is 5.